The van der Waals surface area contributed by atoms with E-state index in [4.69, 9.17) is 5.73 Å². The van der Waals surface area contributed by atoms with Gasteiger partial charge in [-0.2, -0.15) is 5.10 Å². The Hall–Kier alpha value is -0.630. The Kier molecular flexibility index (Phi) is 6.87. The standard InChI is InChI=1S/C13H26N4O2S.ClH/c1-9(2)7-13(5,8-14)16-20(18,19)12-10(3)15-17(6)11(12)4;/h9,16H,7-8,14H2,1-6H3;1H. The minimum absolute atomic E-state index is 0. The molecule has 0 bridgehead atoms. The first-order chi connectivity index (χ1) is 9.02. The van der Waals surface area contributed by atoms with Gasteiger partial charge in [0.05, 0.1) is 11.4 Å². The Labute approximate surface area is 133 Å². The van der Waals surface area contributed by atoms with Crippen LogP contribution in [0.25, 0.3) is 0 Å². The second kappa shape index (κ2) is 7.09. The van der Waals surface area contributed by atoms with Crippen molar-refractivity contribution in [1.82, 2.24) is 14.5 Å². The van der Waals surface area contributed by atoms with E-state index in [9.17, 15) is 8.42 Å². The summed E-state index contributed by atoms with van der Waals surface area (Å²) >= 11 is 0. The van der Waals surface area contributed by atoms with Crippen LogP contribution >= 0.6 is 12.4 Å². The van der Waals surface area contributed by atoms with Crippen LogP contribution in [-0.2, 0) is 17.1 Å². The SMILES string of the molecule is Cc1nn(C)c(C)c1S(=O)(=O)NC(C)(CN)CC(C)C.Cl. The van der Waals surface area contributed by atoms with Crippen molar-refractivity contribution in [1.29, 1.82) is 0 Å². The molecule has 1 rings (SSSR count). The summed E-state index contributed by atoms with van der Waals surface area (Å²) in [6.45, 7) is 9.63. The zero-order valence-corrected chi connectivity index (χ0v) is 15.2. The van der Waals surface area contributed by atoms with Gasteiger partial charge in [-0.25, -0.2) is 13.1 Å². The highest BCUT2D eigenvalue weighted by Crippen LogP contribution is 2.23. The van der Waals surface area contributed by atoms with Crippen LogP contribution < -0.4 is 10.5 Å². The molecule has 0 aliphatic rings. The normalized spacial score (nSPS) is 14.9. The van der Waals surface area contributed by atoms with Crippen LogP contribution in [0.5, 0.6) is 0 Å². The zero-order valence-electron chi connectivity index (χ0n) is 13.6. The quantitative estimate of drug-likeness (QED) is 0.822. The Balaban J connectivity index is 0.00000400. The maximum absolute atomic E-state index is 12.6. The third-order valence-electron chi connectivity index (χ3n) is 3.40. The highest BCUT2D eigenvalue weighted by molar-refractivity contribution is 7.89. The summed E-state index contributed by atoms with van der Waals surface area (Å²) in [6, 6.07) is 0. The fraction of sp³-hybridized carbons (Fsp3) is 0.769. The smallest absolute Gasteiger partial charge is 0.244 e. The number of hydrogen-bond donors (Lipinski definition) is 2. The number of sulfonamides is 1. The molecule has 1 aromatic rings. The number of nitrogens with zero attached hydrogens (tertiary/aromatic N) is 2. The number of rotatable bonds is 6. The van der Waals surface area contributed by atoms with Crippen molar-refractivity contribution in [3.63, 3.8) is 0 Å². The highest BCUT2D eigenvalue weighted by atomic mass is 35.5. The predicted octanol–water partition coefficient (Wildman–Crippen LogP) is 1.50. The molecular weight excluding hydrogens is 312 g/mol. The van der Waals surface area contributed by atoms with Crippen LogP contribution in [-0.4, -0.2) is 30.3 Å². The zero-order chi connectivity index (χ0) is 15.7. The molecule has 0 saturated carbocycles. The number of aromatic nitrogens is 2. The Morgan fingerprint density at radius 2 is 1.90 bits per heavy atom. The lowest BCUT2D eigenvalue weighted by molar-refractivity contribution is 0.344. The van der Waals surface area contributed by atoms with E-state index in [1.165, 1.54) is 0 Å². The van der Waals surface area contributed by atoms with Crippen LogP contribution in [0.3, 0.4) is 0 Å². The maximum Gasteiger partial charge on any atom is 0.244 e. The molecular formula is C13H27ClN4O2S. The van der Waals surface area contributed by atoms with Gasteiger partial charge in [-0.1, -0.05) is 13.8 Å². The first-order valence-corrected chi connectivity index (χ1v) is 8.25. The van der Waals surface area contributed by atoms with E-state index in [2.05, 4.69) is 9.82 Å². The fourth-order valence-electron chi connectivity index (χ4n) is 2.59. The average Bonchev–Trinajstić information content (AvgIpc) is 2.51. The number of aryl methyl sites for hydroxylation is 2. The topological polar surface area (TPSA) is 90.0 Å². The lowest BCUT2D eigenvalue weighted by Crippen LogP contribution is -2.52. The molecule has 0 aromatic carbocycles. The van der Waals surface area contributed by atoms with E-state index in [0.717, 1.165) is 0 Å². The molecule has 0 saturated heterocycles. The summed E-state index contributed by atoms with van der Waals surface area (Å²) in [7, 11) is -1.90. The van der Waals surface area contributed by atoms with Gasteiger partial charge in [0.1, 0.15) is 4.90 Å². The fourth-order valence-corrected chi connectivity index (χ4v) is 4.45. The molecule has 124 valence electrons. The van der Waals surface area contributed by atoms with Gasteiger partial charge in [0.15, 0.2) is 0 Å². The minimum atomic E-state index is -3.63. The van der Waals surface area contributed by atoms with E-state index in [-0.39, 0.29) is 23.8 Å². The van der Waals surface area contributed by atoms with Crippen molar-refractivity contribution in [2.45, 2.75) is 51.5 Å². The lowest BCUT2D eigenvalue weighted by atomic mass is 9.92. The van der Waals surface area contributed by atoms with E-state index >= 15 is 0 Å². The average molecular weight is 339 g/mol. The molecule has 0 radical (unpaired) electrons. The monoisotopic (exact) mass is 338 g/mol. The summed E-state index contributed by atoms with van der Waals surface area (Å²) < 4.78 is 29.6. The van der Waals surface area contributed by atoms with Crippen molar-refractivity contribution >= 4 is 22.4 Å². The third kappa shape index (κ3) is 4.67. The summed E-state index contributed by atoms with van der Waals surface area (Å²) in [6.07, 6.45) is 0.682. The van der Waals surface area contributed by atoms with Gasteiger partial charge in [-0.3, -0.25) is 4.68 Å². The van der Waals surface area contributed by atoms with Crippen LogP contribution in [0, 0.1) is 19.8 Å². The van der Waals surface area contributed by atoms with Gasteiger partial charge in [-0.15, -0.1) is 12.4 Å². The van der Waals surface area contributed by atoms with Gasteiger partial charge < -0.3 is 5.73 Å². The van der Waals surface area contributed by atoms with Gasteiger partial charge in [0.25, 0.3) is 0 Å². The molecule has 1 unspecified atom stereocenters. The molecule has 1 aromatic heterocycles. The second-order valence-corrected chi connectivity index (χ2v) is 7.71. The largest absolute Gasteiger partial charge is 0.329 e. The molecule has 0 fully saturated rings. The maximum atomic E-state index is 12.6. The van der Waals surface area contributed by atoms with Gasteiger partial charge in [0.2, 0.25) is 10.0 Å². The molecule has 6 nitrogen and oxygen atoms in total. The van der Waals surface area contributed by atoms with E-state index in [0.29, 0.717) is 23.7 Å². The van der Waals surface area contributed by atoms with Crippen molar-refractivity contribution in [3.05, 3.63) is 11.4 Å². The summed E-state index contributed by atoms with van der Waals surface area (Å²) in [5.41, 5.74) is 6.25. The molecule has 8 heteroatoms. The van der Waals surface area contributed by atoms with Gasteiger partial charge >= 0.3 is 0 Å². The first kappa shape index (κ1) is 20.4. The molecule has 0 aliphatic heterocycles. The molecule has 3 N–H and O–H groups in total. The predicted molar refractivity (Wildman–Crippen MR) is 87.2 cm³/mol. The number of halogens is 1. The minimum Gasteiger partial charge on any atom is -0.329 e. The Morgan fingerprint density at radius 1 is 1.38 bits per heavy atom. The molecule has 21 heavy (non-hydrogen) atoms. The van der Waals surface area contributed by atoms with E-state index in [1.807, 2.05) is 20.8 Å². The van der Waals surface area contributed by atoms with Crippen LogP contribution in [0.15, 0.2) is 4.90 Å². The molecule has 1 heterocycles. The number of nitrogens with two attached hydrogens (primary N) is 1. The van der Waals surface area contributed by atoms with Gasteiger partial charge in [0, 0.05) is 19.1 Å². The van der Waals surface area contributed by atoms with Gasteiger partial charge in [-0.05, 0) is 33.1 Å². The summed E-state index contributed by atoms with van der Waals surface area (Å²) in [4.78, 5) is 0.253. The summed E-state index contributed by atoms with van der Waals surface area (Å²) in [5, 5.41) is 4.16. The van der Waals surface area contributed by atoms with Crippen molar-refractivity contribution in [2.75, 3.05) is 6.54 Å². The second-order valence-electron chi connectivity index (χ2n) is 6.09. The third-order valence-corrected chi connectivity index (χ3v) is 5.29. The van der Waals surface area contributed by atoms with Crippen molar-refractivity contribution < 1.29 is 8.42 Å². The Bertz CT molecular complexity index is 583. The lowest BCUT2D eigenvalue weighted by Gasteiger charge is -2.30. The highest BCUT2D eigenvalue weighted by Gasteiger charge is 2.33. The number of hydrogen-bond acceptors (Lipinski definition) is 4. The van der Waals surface area contributed by atoms with E-state index < -0.39 is 15.6 Å². The summed E-state index contributed by atoms with van der Waals surface area (Å²) in [5.74, 6) is 0.349. The van der Waals surface area contributed by atoms with E-state index in [1.54, 1.807) is 25.6 Å². The molecule has 0 amide bonds. The Morgan fingerprint density at radius 3 is 2.24 bits per heavy atom. The van der Waals surface area contributed by atoms with Crippen molar-refractivity contribution in [2.24, 2.45) is 18.7 Å². The molecule has 1 atom stereocenters. The molecule has 0 spiro atoms. The number of nitrogens with one attached hydrogen (secondary N) is 1. The first-order valence-electron chi connectivity index (χ1n) is 6.76. The molecule has 0 aliphatic carbocycles. The van der Waals surface area contributed by atoms with Crippen molar-refractivity contribution in [3.8, 4) is 0 Å². The van der Waals surface area contributed by atoms with Crippen LogP contribution in [0.2, 0.25) is 0 Å². The van der Waals surface area contributed by atoms with Crippen LogP contribution in [0.4, 0.5) is 0 Å². The van der Waals surface area contributed by atoms with Crippen LogP contribution in [0.1, 0.15) is 38.6 Å².